The first kappa shape index (κ1) is 23.0. The number of rotatable bonds is 7. The van der Waals surface area contributed by atoms with Gasteiger partial charge in [0.05, 0.1) is 39.9 Å². The maximum absolute atomic E-state index is 13.2. The number of anilines is 1. The van der Waals surface area contributed by atoms with Gasteiger partial charge in [-0.15, -0.1) is 0 Å². The van der Waals surface area contributed by atoms with Gasteiger partial charge >= 0.3 is 5.97 Å². The number of nitrogens with zero attached hydrogens (tertiary/aromatic N) is 1. The quantitative estimate of drug-likeness (QED) is 0.371. The molecule has 11 heteroatoms. The van der Waals surface area contributed by atoms with Crippen LogP contribution in [0.3, 0.4) is 0 Å². The summed E-state index contributed by atoms with van der Waals surface area (Å²) >= 11 is 6.03. The Morgan fingerprint density at radius 3 is 2.64 bits per heavy atom. The average molecular weight is 505 g/mol. The first-order valence-corrected chi connectivity index (χ1v) is 12.7. The highest BCUT2D eigenvalue weighted by molar-refractivity contribution is 7.92. The highest BCUT2D eigenvalue weighted by Crippen LogP contribution is 2.29. The maximum atomic E-state index is 13.2. The number of esters is 1. The molecule has 0 spiro atoms. The third kappa shape index (κ3) is 4.92. The van der Waals surface area contributed by atoms with Crippen LogP contribution < -0.4 is 4.72 Å². The highest BCUT2D eigenvalue weighted by atomic mass is 35.5. The van der Waals surface area contributed by atoms with Crippen molar-refractivity contribution in [1.29, 1.82) is 0 Å². The van der Waals surface area contributed by atoms with Gasteiger partial charge in [0.25, 0.3) is 10.0 Å². The zero-order chi connectivity index (χ0) is 23.6. The van der Waals surface area contributed by atoms with Crippen molar-refractivity contribution in [3.63, 3.8) is 0 Å². The Hall–Kier alpha value is -3.21. The van der Waals surface area contributed by atoms with Crippen LogP contribution in [0.5, 0.6) is 0 Å². The SMILES string of the molecule is COC(=O)c1ccccc1CS(=O)c1ncc(Cl)cc1NS(=O)(=O)c1cc2ccccc2o1. The smallest absolute Gasteiger partial charge is 0.338 e. The van der Waals surface area contributed by atoms with Gasteiger partial charge in [0.2, 0.25) is 5.09 Å². The molecule has 0 saturated carbocycles. The van der Waals surface area contributed by atoms with Gasteiger partial charge in [0, 0.05) is 17.6 Å². The number of halogens is 1. The van der Waals surface area contributed by atoms with Crippen LogP contribution in [0, 0.1) is 0 Å². The predicted molar refractivity (Wildman–Crippen MR) is 124 cm³/mol. The van der Waals surface area contributed by atoms with Crippen LogP contribution in [0.15, 0.2) is 81.4 Å². The van der Waals surface area contributed by atoms with Crippen molar-refractivity contribution in [2.75, 3.05) is 11.8 Å². The van der Waals surface area contributed by atoms with Crippen LogP contribution >= 0.6 is 11.6 Å². The lowest BCUT2D eigenvalue weighted by atomic mass is 10.1. The van der Waals surface area contributed by atoms with Crippen molar-refractivity contribution >= 4 is 55.0 Å². The molecule has 1 N–H and O–H groups in total. The molecule has 8 nitrogen and oxygen atoms in total. The molecule has 0 aliphatic rings. The molecular weight excluding hydrogens is 488 g/mol. The lowest BCUT2D eigenvalue weighted by molar-refractivity contribution is 0.0600. The Balaban J connectivity index is 1.67. The number of pyridine rings is 1. The Bertz CT molecular complexity index is 1450. The summed E-state index contributed by atoms with van der Waals surface area (Å²) in [6.07, 6.45) is 1.26. The summed E-state index contributed by atoms with van der Waals surface area (Å²) in [4.78, 5) is 16.1. The number of hydrogen-bond acceptors (Lipinski definition) is 7. The normalized spacial score (nSPS) is 12.4. The van der Waals surface area contributed by atoms with E-state index in [9.17, 15) is 17.4 Å². The number of carbonyl (C=O) groups is 1. The Kier molecular flexibility index (Phi) is 6.50. The van der Waals surface area contributed by atoms with Gasteiger partial charge in [-0.2, -0.15) is 8.42 Å². The van der Waals surface area contributed by atoms with Gasteiger partial charge in [0.15, 0.2) is 5.03 Å². The molecule has 0 aliphatic heterocycles. The number of para-hydroxylation sites is 1. The second-order valence-electron chi connectivity index (χ2n) is 6.85. The zero-order valence-electron chi connectivity index (χ0n) is 17.1. The molecule has 33 heavy (non-hydrogen) atoms. The van der Waals surface area contributed by atoms with Gasteiger partial charge in [-0.3, -0.25) is 8.93 Å². The largest absolute Gasteiger partial charge is 0.465 e. The Morgan fingerprint density at radius 2 is 1.88 bits per heavy atom. The van der Waals surface area contributed by atoms with Crippen molar-refractivity contribution in [2.24, 2.45) is 0 Å². The molecule has 0 bridgehead atoms. The van der Waals surface area contributed by atoms with Crippen molar-refractivity contribution in [3.8, 4) is 0 Å². The summed E-state index contributed by atoms with van der Waals surface area (Å²) in [5, 5.41) is 0.411. The molecule has 1 atom stereocenters. The van der Waals surface area contributed by atoms with E-state index >= 15 is 0 Å². The minimum Gasteiger partial charge on any atom is -0.465 e. The molecule has 4 rings (SSSR count). The van der Waals surface area contributed by atoms with Gasteiger partial charge < -0.3 is 9.15 Å². The number of methoxy groups -OCH3 is 1. The molecule has 0 saturated heterocycles. The summed E-state index contributed by atoms with van der Waals surface area (Å²) in [5.41, 5.74) is 1.07. The molecular formula is C22H17ClN2O6S2. The zero-order valence-corrected chi connectivity index (χ0v) is 19.5. The van der Waals surface area contributed by atoms with Crippen LogP contribution in [0.1, 0.15) is 15.9 Å². The summed E-state index contributed by atoms with van der Waals surface area (Å²) < 4.78 is 51.7. The minimum absolute atomic E-state index is 0.0428. The van der Waals surface area contributed by atoms with Crippen LogP contribution in [-0.4, -0.2) is 30.7 Å². The fourth-order valence-corrected chi connectivity index (χ4v) is 5.58. The first-order valence-electron chi connectivity index (χ1n) is 9.50. The van der Waals surface area contributed by atoms with E-state index in [1.54, 1.807) is 48.5 Å². The van der Waals surface area contributed by atoms with E-state index in [0.29, 0.717) is 16.5 Å². The Morgan fingerprint density at radius 1 is 1.15 bits per heavy atom. The Labute approximate surface area is 197 Å². The molecule has 0 fully saturated rings. The van der Waals surface area contributed by atoms with E-state index in [1.165, 1.54) is 25.4 Å². The predicted octanol–water partition coefficient (Wildman–Crippen LogP) is 4.38. The monoisotopic (exact) mass is 504 g/mol. The number of aromatic nitrogens is 1. The van der Waals surface area contributed by atoms with E-state index < -0.39 is 26.8 Å². The van der Waals surface area contributed by atoms with E-state index in [-0.39, 0.29) is 32.1 Å². The van der Waals surface area contributed by atoms with E-state index in [2.05, 4.69) is 9.71 Å². The standard InChI is InChI=1S/C22H17ClN2O6S2/c1-30-22(26)17-8-4-2-7-15(17)13-32(27)21-18(11-16(23)12-24-21)25-33(28,29)20-10-14-6-3-5-9-19(14)31-20/h2-12,25H,13H2,1H3. The number of furan rings is 1. The fraction of sp³-hybridized carbons (Fsp3) is 0.0909. The minimum atomic E-state index is -4.17. The molecule has 170 valence electrons. The van der Waals surface area contributed by atoms with E-state index in [4.69, 9.17) is 20.8 Å². The molecule has 1 unspecified atom stereocenters. The van der Waals surface area contributed by atoms with E-state index in [1.807, 2.05) is 0 Å². The van der Waals surface area contributed by atoms with Gasteiger partial charge in [-0.05, 0) is 23.8 Å². The van der Waals surface area contributed by atoms with Crippen molar-refractivity contribution < 1.29 is 26.6 Å². The van der Waals surface area contributed by atoms with Crippen LogP contribution in [0.2, 0.25) is 5.02 Å². The van der Waals surface area contributed by atoms with Crippen molar-refractivity contribution in [3.05, 3.63) is 83.0 Å². The summed E-state index contributed by atoms with van der Waals surface area (Å²) in [6, 6.07) is 16.1. The lowest BCUT2D eigenvalue weighted by Crippen LogP contribution is -2.15. The third-order valence-electron chi connectivity index (χ3n) is 4.65. The third-order valence-corrected chi connectivity index (χ3v) is 7.41. The first-order chi connectivity index (χ1) is 15.8. The summed E-state index contributed by atoms with van der Waals surface area (Å²) in [7, 11) is -4.74. The molecule has 0 radical (unpaired) electrons. The van der Waals surface area contributed by atoms with Crippen LogP contribution in [-0.2, 0) is 31.3 Å². The number of benzene rings is 2. The average Bonchev–Trinajstić information content (AvgIpc) is 3.24. The number of sulfonamides is 1. The van der Waals surface area contributed by atoms with Gasteiger partial charge in [-0.1, -0.05) is 48.0 Å². The molecule has 2 aromatic carbocycles. The molecule has 0 amide bonds. The van der Waals surface area contributed by atoms with Crippen molar-refractivity contribution in [1.82, 2.24) is 4.98 Å². The molecule has 0 aliphatic carbocycles. The second-order valence-corrected chi connectivity index (χ2v) is 10.3. The summed E-state index contributed by atoms with van der Waals surface area (Å²) in [6.45, 7) is 0. The number of carbonyl (C=O) groups excluding carboxylic acids is 1. The lowest BCUT2D eigenvalue weighted by Gasteiger charge is -2.12. The number of fused-ring (bicyclic) bond motifs is 1. The maximum Gasteiger partial charge on any atom is 0.338 e. The van der Waals surface area contributed by atoms with Gasteiger partial charge in [0.1, 0.15) is 5.58 Å². The summed E-state index contributed by atoms with van der Waals surface area (Å²) in [5.74, 6) is -0.670. The van der Waals surface area contributed by atoms with Crippen molar-refractivity contribution in [2.45, 2.75) is 15.9 Å². The number of ether oxygens (including phenoxy) is 1. The molecule has 4 aromatic rings. The fourth-order valence-electron chi connectivity index (χ4n) is 3.13. The molecule has 2 heterocycles. The van der Waals surface area contributed by atoms with E-state index in [0.717, 1.165) is 0 Å². The highest BCUT2D eigenvalue weighted by Gasteiger charge is 2.24. The topological polar surface area (TPSA) is 116 Å². The number of hydrogen-bond donors (Lipinski definition) is 1. The van der Waals surface area contributed by atoms with Crippen LogP contribution in [0.4, 0.5) is 5.69 Å². The van der Waals surface area contributed by atoms with Crippen LogP contribution in [0.25, 0.3) is 11.0 Å². The number of nitrogens with one attached hydrogen (secondary N) is 1. The van der Waals surface area contributed by atoms with Gasteiger partial charge in [-0.25, -0.2) is 9.78 Å². The second kappa shape index (κ2) is 9.34. The molecule has 2 aromatic heterocycles.